The number of aromatic nitrogens is 1. The highest BCUT2D eigenvalue weighted by atomic mass is 32.2. The summed E-state index contributed by atoms with van der Waals surface area (Å²) in [6, 6.07) is 14.7. The van der Waals surface area contributed by atoms with E-state index in [1.165, 1.54) is 28.4 Å². The Kier molecular flexibility index (Phi) is 8.32. The van der Waals surface area contributed by atoms with Crippen LogP contribution in [-0.4, -0.2) is 78.8 Å². The highest BCUT2D eigenvalue weighted by Gasteiger charge is 2.56. The molecule has 3 heterocycles. The number of rotatable bonds is 9. The van der Waals surface area contributed by atoms with Gasteiger partial charge in [0.1, 0.15) is 11.8 Å². The molecule has 2 fully saturated rings. The van der Waals surface area contributed by atoms with Crippen LogP contribution in [0.4, 0.5) is 18.0 Å². The molecule has 3 aromatic rings. The lowest BCUT2D eigenvalue weighted by molar-refractivity contribution is -0.137. The van der Waals surface area contributed by atoms with Crippen molar-refractivity contribution in [2.45, 2.75) is 56.2 Å². The molecular weight excluding hydrogens is 641 g/mol. The number of cyclic esters (lactones) is 1. The summed E-state index contributed by atoms with van der Waals surface area (Å²) >= 11 is 0. The fourth-order valence-electron chi connectivity index (χ4n) is 6.48. The number of nitrogens with one attached hydrogen (secondary N) is 1. The summed E-state index contributed by atoms with van der Waals surface area (Å²) in [4.78, 5) is 41.3. The van der Waals surface area contributed by atoms with Crippen molar-refractivity contribution in [3.8, 4) is 0 Å². The van der Waals surface area contributed by atoms with Crippen molar-refractivity contribution in [3.05, 3.63) is 94.3 Å². The summed E-state index contributed by atoms with van der Waals surface area (Å²) in [5, 5.41) is 2.97. The maximum Gasteiger partial charge on any atom is 0.416 e. The first-order valence-electron chi connectivity index (χ1n) is 15.0. The van der Waals surface area contributed by atoms with E-state index in [0.29, 0.717) is 24.1 Å². The SMILES string of the molecule is COC(=O)c1cc(C(=O)N[C@@H](Cc2ccccc2)C2CN(C3(c4cccc(C(F)(F)F)c4)CC3)C(=O)O2)n2c1CN(S(C)(=O)=O)CC2. The molecule has 0 spiro atoms. The zero-order valence-electron chi connectivity index (χ0n) is 25.6. The molecule has 11 nitrogen and oxygen atoms in total. The van der Waals surface area contributed by atoms with E-state index in [1.54, 1.807) is 10.6 Å². The molecule has 250 valence electrons. The topological polar surface area (TPSA) is 127 Å². The Bertz CT molecular complexity index is 1820. The Hall–Kier alpha value is -4.37. The molecule has 3 aliphatic rings. The second-order valence-electron chi connectivity index (χ2n) is 12.0. The van der Waals surface area contributed by atoms with Gasteiger partial charge in [-0.3, -0.25) is 9.69 Å². The second kappa shape index (κ2) is 12.0. The number of nitrogens with zero attached hydrogens (tertiary/aromatic N) is 3. The van der Waals surface area contributed by atoms with Crippen molar-refractivity contribution in [2.24, 2.45) is 0 Å². The van der Waals surface area contributed by atoms with Crippen LogP contribution in [-0.2, 0) is 50.7 Å². The molecule has 6 rings (SSSR count). The minimum Gasteiger partial charge on any atom is -0.465 e. The third-order valence-corrected chi connectivity index (χ3v) is 10.3. The third-order valence-electron chi connectivity index (χ3n) is 9.08. The number of ether oxygens (including phenoxy) is 2. The summed E-state index contributed by atoms with van der Waals surface area (Å²) < 4.78 is 78.5. The van der Waals surface area contributed by atoms with Crippen LogP contribution in [0, 0.1) is 0 Å². The average Bonchev–Trinajstić information content (AvgIpc) is 3.61. The monoisotopic (exact) mass is 674 g/mol. The smallest absolute Gasteiger partial charge is 0.416 e. The number of amides is 2. The standard InChI is InChI=1S/C32H33F3N4O7S/c1-45-29(41)23-17-25(38-14-13-37(18-26(23)38)47(2,43)44)28(40)36-24(15-20-7-4-3-5-8-20)27-19-39(30(42)46-27)31(11-12-31)21-9-6-10-22(16-21)32(33,34)35/h3-10,16-17,24,27H,11-15,18-19H2,1-2H3,(H,36,40)/t24-,27?/m0/s1. The summed E-state index contributed by atoms with van der Waals surface area (Å²) in [6.07, 6.45) is -3.84. The van der Waals surface area contributed by atoms with Gasteiger partial charge in [-0.25, -0.2) is 18.0 Å². The number of hydrogen-bond donors (Lipinski definition) is 1. The quantitative estimate of drug-likeness (QED) is 0.341. The molecule has 1 saturated heterocycles. The summed E-state index contributed by atoms with van der Waals surface area (Å²) in [6.45, 7) is 0.0888. The number of halogens is 3. The molecule has 0 radical (unpaired) electrons. The number of hydrogen-bond acceptors (Lipinski definition) is 7. The van der Waals surface area contributed by atoms with Gasteiger partial charge in [0.05, 0.1) is 49.2 Å². The average molecular weight is 675 g/mol. The molecule has 47 heavy (non-hydrogen) atoms. The molecule has 2 amide bonds. The van der Waals surface area contributed by atoms with E-state index < -0.39 is 57.4 Å². The number of methoxy groups -OCH3 is 1. The first-order chi connectivity index (χ1) is 22.2. The van der Waals surface area contributed by atoms with E-state index in [0.717, 1.165) is 24.0 Å². The fourth-order valence-corrected chi connectivity index (χ4v) is 7.25. The summed E-state index contributed by atoms with van der Waals surface area (Å²) in [5.41, 5.74) is -0.0732. The Morgan fingerprint density at radius 3 is 2.45 bits per heavy atom. The van der Waals surface area contributed by atoms with Crippen LogP contribution in [0.3, 0.4) is 0 Å². The summed E-state index contributed by atoms with van der Waals surface area (Å²) in [5.74, 6) is -1.31. The number of fused-ring (bicyclic) bond motifs is 1. The number of esters is 1. The second-order valence-corrected chi connectivity index (χ2v) is 14.0. The zero-order valence-corrected chi connectivity index (χ0v) is 26.4. The predicted octanol–water partition coefficient (Wildman–Crippen LogP) is 3.92. The Balaban J connectivity index is 1.29. The molecular formula is C32H33F3N4O7S. The van der Waals surface area contributed by atoms with Crippen LogP contribution >= 0.6 is 0 Å². The number of carbonyl (C=O) groups is 3. The molecule has 1 unspecified atom stereocenters. The van der Waals surface area contributed by atoms with Crippen molar-refractivity contribution >= 4 is 28.0 Å². The third kappa shape index (κ3) is 6.33. The van der Waals surface area contributed by atoms with E-state index in [9.17, 15) is 36.0 Å². The highest BCUT2D eigenvalue weighted by molar-refractivity contribution is 7.88. The molecule has 15 heteroatoms. The predicted molar refractivity (Wildman–Crippen MR) is 162 cm³/mol. The first kappa shape index (κ1) is 32.6. The van der Waals surface area contributed by atoms with Crippen LogP contribution in [0.25, 0.3) is 0 Å². The van der Waals surface area contributed by atoms with E-state index in [1.807, 2.05) is 30.3 Å². The van der Waals surface area contributed by atoms with Crippen LogP contribution in [0.1, 0.15) is 56.1 Å². The van der Waals surface area contributed by atoms with E-state index >= 15 is 0 Å². The maximum absolute atomic E-state index is 13.9. The van der Waals surface area contributed by atoms with Crippen molar-refractivity contribution in [3.63, 3.8) is 0 Å². The van der Waals surface area contributed by atoms with Crippen molar-refractivity contribution < 1.29 is 45.4 Å². The van der Waals surface area contributed by atoms with E-state index in [-0.39, 0.29) is 43.9 Å². The molecule has 1 saturated carbocycles. The Labute approximate surface area is 269 Å². The lowest BCUT2D eigenvalue weighted by atomic mass is 9.98. The van der Waals surface area contributed by atoms with Crippen LogP contribution in [0.15, 0.2) is 60.7 Å². The van der Waals surface area contributed by atoms with E-state index in [4.69, 9.17) is 9.47 Å². The van der Waals surface area contributed by atoms with Gasteiger partial charge in [0, 0.05) is 18.8 Å². The minimum atomic E-state index is -4.54. The van der Waals surface area contributed by atoms with Gasteiger partial charge in [0.15, 0.2) is 0 Å². The van der Waals surface area contributed by atoms with Gasteiger partial charge >= 0.3 is 18.2 Å². The van der Waals surface area contributed by atoms with Crippen LogP contribution < -0.4 is 5.32 Å². The van der Waals surface area contributed by atoms with Gasteiger partial charge < -0.3 is 19.4 Å². The van der Waals surface area contributed by atoms with Gasteiger partial charge in [0.25, 0.3) is 5.91 Å². The van der Waals surface area contributed by atoms with Gasteiger partial charge in [-0.2, -0.15) is 17.5 Å². The summed E-state index contributed by atoms with van der Waals surface area (Å²) in [7, 11) is -2.40. The lowest BCUT2D eigenvalue weighted by Crippen LogP contribution is -2.48. The zero-order chi connectivity index (χ0) is 33.7. The van der Waals surface area contributed by atoms with Gasteiger partial charge in [0.2, 0.25) is 10.0 Å². The molecule has 1 N–H and O–H groups in total. The largest absolute Gasteiger partial charge is 0.465 e. The number of sulfonamides is 1. The van der Waals surface area contributed by atoms with Crippen LogP contribution in [0.5, 0.6) is 0 Å². The van der Waals surface area contributed by atoms with Crippen LogP contribution in [0.2, 0.25) is 0 Å². The van der Waals surface area contributed by atoms with Gasteiger partial charge in [-0.15, -0.1) is 0 Å². The van der Waals surface area contributed by atoms with Crippen molar-refractivity contribution in [1.29, 1.82) is 0 Å². The molecule has 2 atom stereocenters. The Morgan fingerprint density at radius 1 is 1.09 bits per heavy atom. The number of carbonyl (C=O) groups excluding carboxylic acids is 3. The Morgan fingerprint density at radius 2 is 1.81 bits per heavy atom. The normalized spacial score (nSPS) is 19.9. The lowest BCUT2D eigenvalue weighted by Gasteiger charge is -2.29. The van der Waals surface area contributed by atoms with Crippen molar-refractivity contribution in [1.82, 2.24) is 19.1 Å². The van der Waals surface area contributed by atoms with Gasteiger partial charge in [-0.05, 0) is 48.6 Å². The first-order valence-corrected chi connectivity index (χ1v) is 16.8. The van der Waals surface area contributed by atoms with Gasteiger partial charge in [-0.1, -0.05) is 42.5 Å². The van der Waals surface area contributed by atoms with Crippen molar-refractivity contribution in [2.75, 3.05) is 26.5 Å². The maximum atomic E-state index is 13.9. The fraction of sp³-hybridized carbons (Fsp3) is 0.406. The number of alkyl halides is 3. The molecule has 1 aromatic heterocycles. The molecule has 2 aliphatic heterocycles. The number of benzene rings is 2. The highest BCUT2D eigenvalue weighted by Crippen LogP contribution is 2.53. The minimum absolute atomic E-state index is 0.0237. The molecule has 1 aliphatic carbocycles. The molecule has 2 aromatic carbocycles. The molecule has 0 bridgehead atoms. The van der Waals surface area contributed by atoms with E-state index in [2.05, 4.69) is 5.32 Å².